The van der Waals surface area contributed by atoms with Gasteiger partial charge in [-0.3, -0.25) is 9.47 Å². The highest BCUT2D eigenvalue weighted by atomic mass is 32.1. The van der Waals surface area contributed by atoms with Gasteiger partial charge in [0.2, 0.25) is 4.77 Å². The highest BCUT2D eigenvalue weighted by molar-refractivity contribution is 7.71. The van der Waals surface area contributed by atoms with Crippen molar-refractivity contribution >= 4 is 12.2 Å². The Balaban J connectivity index is 1.88. The zero-order valence-corrected chi connectivity index (χ0v) is 13.3. The maximum Gasteiger partial charge on any atom is 0.203 e. The van der Waals surface area contributed by atoms with Gasteiger partial charge in [-0.15, -0.1) is 0 Å². The zero-order chi connectivity index (χ0) is 14.8. The zero-order valence-electron chi connectivity index (χ0n) is 12.5. The Morgan fingerprint density at radius 1 is 1.24 bits per heavy atom. The minimum Gasteiger partial charge on any atom is -0.379 e. The molecule has 0 N–H and O–H groups in total. The normalized spacial score (nSPS) is 16.3. The number of ether oxygens (including phenoxy) is 1. The van der Waals surface area contributed by atoms with Crippen LogP contribution in [-0.2, 0) is 11.4 Å². The Labute approximate surface area is 129 Å². The molecule has 3 rings (SSSR count). The fourth-order valence-corrected chi connectivity index (χ4v) is 2.76. The Hall–Kier alpha value is -1.50. The van der Waals surface area contributed by atoms with Crippen LogP contribution in [0.1, 0.15) is 11.1 Å². The maximum absolute atomic E-state index is 5.58. The SMILES string of the molecule is Cc1ccc(C)c(-n2cnn(CN3CCOCC3)c2=S)c1. The maximum atomic E-state index is 5.58. The Morgan fingerprint density at radius 3 is 2.76 bits per heavy atom. The molecule has 0 aliphatic carbocycles. The van der Waals surface area contributed by atoms with Crippen molar-refractivity contribution in [1.29, 1.82) is 0 Å². The average molecular weight is 304 g/mol. The molecule has 0 amide bonds. The van der Waals surface area contributed by atoms with E-state index in [4.69, 9.17) is 17.0 Å². The van der Waals surface area contributed by atoms with E-state index in [1.165, 1.54) is 11.1 Å². The Kier molecular flexibility index (Phi) is 4.19. The molecule has 2 heterocycles. The number of morpholine rings is 1. The summed E-state index contributed by atoms with van der Waals surface area (Å²) in [6.45, 7) is 8.33. The van der Waals surface area contributed by atoms with Gasteiger partial charge in [-0.2, -0.15) is 5.10 Å². The highest BCUT2D eigenvalue weighted by Gasteiger charge is 2.13. The lowest BCUT2D eigenvalue weighted by molar-refractivity contribution is 0.0210. The van der Waals surface area contributed by atoms with Crippen LogP contribution in [0.5, 0.6) is 0 Å². The van der Waals surface area contributed by atoms with E-state index in [0.717, 1.165) is 43.4 Å². The van der Waals surface area contributed by atoms with Crippen molar-refractivity contribution in [1.82, 2.24) is 19.2 Å². The van der Waals surface area contributed by atoms with E-state index < -0.39 is 0 Å². The van der Waals surface area contributed by atoms with E-state index in [2.05, 4.69) is 42.0 Å². The van der Waals surface area contributed by atoms with Crippen LogP contribution in [-0.4, -0.2) is 45.6 Å². The molecule has 2 aromatic rings. The predicted molar refractivity (Wildman–Crippen MR) is 84.3 cm³/mol. The molecule has 0 atom stereocenters. The number of rotatable bonds is 3. The predicted octanol–water partition coefficient (Wildman–Crippen LogP) is 2.31. The summed E-state index contributed by atoms with van der Waals surface area (Å²) >= 11 is 5.58. The summed E-state index contributed by atoms with van der Waals surface area (Å²) < 4.78 is 9.96. The summed E-state index contributed by atoms with van der Waals surface area (Å²) in [7, 11) is 0. The molecule has 0 unspecified atom stereocenters. The van der Waals surface area contributed by atoms with Crippen LogP contribution in [0, 0.1) is 18.6 Å². The smallest absolute Gasteiger partial charge is 0.203 e. The highest BCUT2D eigenvalue weighted by Crippen LogP contribution is 2.16. The first kappa shape index (κ1) is 14.4. The van der Waals surface area contributed by atoms with Crippen molar-refractivity contribution in [2.45, 2.75) is 20.5 Å². The van der Waals surface area contributed by atoms with Gasteiger partial charge in [0.05, 0.1) is 25.6 Å². The van der Waals surface area contributed by atoms with E-state index in [1.807, 2.05) is 15.6 Å². The average Bonchev–Trinajstić information content (AvgIpc) is 2.84. The van der Waals surface area contributed by atoms with Crippen molar-refractivity contribution < 1.29 is 4.74 Å². The van der Waals surface area contributed by atoms with E-state index in [9.17, 15) is 0 Å². The van der Waals surface area contributed by atoms with Gasteiger partial charge in [0.1, 0.15) is 6.33 Å². The second kappa shape index (κ2) is 6.09. The molecule has 1 aromatic carbocycles. The molecule has 1 aliphatic heterocycles. The standard InChI is InChI=1S/C15H20N4OS/c1-12-3-4-13(2)14(9-12)18-10-16-19(15(18)21)11-17-5-7-20-8-6-17/h3-4,9-10H,5-8,11H2,1-2H3. The van der Waals surface area contributed by atoms with Gasteiger partial charge >= 0.3 is 0 Å². The second-order valence-electron chi connectivity index (χ2n) is 5.44. The summed E-state index contributed by atoms with van der Waals surface area (Å²) in [5.74, 6) is 0. The molecule has 1 saturated heterocycles. The third-order valence-corrected chi connectivity index (χ3v) is 4.20. The Morgan fingerprint density at radius 2 is 2.00 bits per heavy atom. The first-order valence-corrected chi connectivity index (χ1v) is 7.58. The first-order chi connectivity index (χ1) is 10.1. The second-order valence-corrected chi connectivity index (χ2v) is 5.81. The molecule has 1 fully saturated rings. The van der Waals surface area contributed by atoms with Crippen molar-refractivity contribution in [2.75, 3.05) is 26.3 Å². The van der Waals surface area contributed by atoms with Crippen LogP contribution in [0.25, 0.3) is 5.69 Å². The van der Waals surface area contributed by atoms with E-state index in [1.54, 1.807) is 0 Å². The lowest BCUT2D eigenvalue weighted by Gasteiger charge is -2.26. The number of hydrogen-bond donors (Lipinski definition) is 0. The van der Waals surface area contributed by atoms with Crippen molar-refractivity contribution in [2.24, 2.45) is 0 Å². The summed E-state index contributed by atoms with van der Waals surface area (Å²) in [5, 5.41) is 4.45. The number of aromatic nitrogens is 3. The van der Waals surface area contributed by atoms with Crippen LogP contribution in [0.3, 0.4) is 0 Å². The fourth-order valence-electron chi connectivity index (χ4n) is 2.51. The number of benzene rings is 1. The molecule has 1 aromatic heterocycles. The molecule has 6 heteroatoms. The van der Waals surface area contributed by atoms with E-state index >= 15 is 0 Å². The van der Waals surface area contributed by atoms with Crippen LogP contribution in [0.4, 0.5) is 0 Å². The molecule has 0 saturated carbocycles. The Bertz CT molecular complexity index is 685. The molecule has 0 bridgehead atoms. The molecular formula is C15H20N4OS. The van der Waals surface area contributed by atoms with Gasteiger partial charge in [-0.1, -0.05) is 12.1 Å². The van der Waals surface area contributed by atoms with Gasteiger partial charge in [0.25, 0.3) is 0 Å². The summed E-state index contributed by atoms with van der Waals surface area (Å²) in [4.78, 5) is 2.31. The van der Waals surface area contributed by atoms with Crippen LogP contribution >= 0.6 is 12.2 Å². The summed E-state index contributed by atoms with van der Waals surface area (Å²) in [6.07, 6.45) is 1.81. The van der Waals surface area contributed by atoms with Gasteiger partial charge in [-0.25, -0.2) is 4.68 Å². The lowest BCUT2D eigenvalue weighted by atomic mass is 10.1. The van der Waals surface area contributed by atoms with Crippen molar-refractivity contribution in [3.63, 3.8) is 0 Å². The molecular weight excluding hydrogens is 284 g/mol. The topological polar surface area (TPSA) is 35.2 Å². The lowest BCUT2D eigenvalue weighted by Crippen LogP contribution is -2.37. The van der Waals surface area contributed by atoms with Crippen LogP contribution < -0.4 is 0 Å². The van der Waals surface area contributed by atoms with Crippen LogP contribution in [0.2, 0.25) is 0 Å². The molecule has 5 nitrogen and oxygen atoms in total. The molecule has 21 heavy (non-hydrogen) atoms. The van der Waals surface area contributed by atoms with E-state index in [0.29, 0.717) is 0 Å². The van der Waals surface area contributed by atoms with Crippen LogP contribution in [0.15, 0.2) is 24.5 Å². The number of hydrogen-bond acceptors (Lipinski definition) is 4. The molecule has 0 spiro atoms. The van der Waals surface area contributed by atoms with E-state index in [-0.39, 0.29) is 0 Å². The van der Waals surface area contributed by atoms with Gasteiger partial charge in [0.15, 0.2) is 0 Å². The monoisotopic (exact) mass is 304 g/mol. The quantitative estimate of drug-likeness (QED) is 0.815. The minimum atomic E-state index is 0.722. The molecule has 0 radical (unpaired) electrons. The first-order valence-electron chi connectivity index (χ1n) is 7.17. The van der Waals surface area contributed by atoms with Crippen molar-refractivity contribution in [3.8, 4) is 5.69 Å². The van der Waals surface area contributed by atoms with Crippen molar-refractivity contribution in [3.05, 3.63) is 40.4 Å². The van der Waals surface area contributed by atoms with Gasteiger partial charge < -0.3 is 4.74 Å². The van der Waals surface area contributed by atoms with Gasteiger partial charge in [-0.05, 0) is 43.3 Å². The molecule has 1 aliphatic rings. The fraction of sp³-hybridized carbons (Fsp3) is 0.467. The number of nitrogens with zero attached hydrogens (tertiary/aromatic N) is 4. The third kappa shape index (κ3) is 3.07. The minimum absolute atomic E-state index is 0.722. The van der Waals surface area contributed by atoms with Gasteiger partial charge in [0, 0.05) is 13.1 Å². The largest absolute Gasteiger partial charge is 0.379 e. The molecule has 112 valence electrons. The number of aryl methyl sites for hydroxylation is 2. The third-order valence-electron chi connectivity index (χ3n) is 3.80. The summed E-state index contributed by atoms with van der Waals surface area (Å²) in [6, 6.07) is 6.37. The summed E-state index contributed by atoms with van der Waals surface area (Å²) in [5.41, 5.74) is 3.52.